The second kappa shape index (κ2) is 7.67. The first kappa shape index (κ1) is 19.3. The maximum absolute atomic E-state index is 12.6. The van der Waals surface area contributed by atoms with E-state index in [4.69, 9.17) is 9.47 Å². The van der Waals surface area contributed by atoms with Gasteiger partial charge in [-0.05, 0) is 32.4 Å². The molecular formula is C20H21N3O5. The average molecular weight is 383 g/mol. The Balaban J connectivity index is 1.71. The summed E-state index contributed by atoms with van der Waals surface area (Å²) in [5.41, 5.74) is 0.558. The van der Waals surface area contributed by atoms with Gasteiger partial charge >= 0.3 is 12.2 Å². The van der Waals surface area contributed by atoms with Crippen LogP contribution in [0.2, 0.25) is 0 Å². The number of hydrogen-bond donors (Lipinski definition) is 0. The fourth-order valence-electron chi connectivity index (χ4n) is 2.66. The minimum atomic E-state index is -0.692. The number of rotatable bonds is 3. The Kier molecular flexibility index (Phi) is 5.30. The van der Waals surface area contributed by atoms with E-state index in [0.717, 1.165) is 10.5 Å². The number of aromatic nitrogens is 2. The highest BCUT2D eigenvalue weighted by Gasteiger charge is 2.37. The highest BCUT2D eigenvalue weighted by Crippen LogP contribution is 2.27. The minimum Gasteiger partial charge on any atom is -0.446 e. The van der Waals surface area contributed by atoms with E-state index in [1.807, 2.05) is 30.3 Å². The van der Waals surface area contributed by atoms with E-state index >= 15 is 0 Å². The predicted octanol–water partition coefficient (Wildman–Crippen LogP) is 3.40. The summed E-state index contributed by atoms with van der Waals surface area (Å²) in [6.07, 6.45) is 4.13. The van der Waals surface area contributed by atoms with Gasteiger partial charge in [0.05, 0.1) is 5.69 Å². The van der Waals surface area contributed by atoms with Crippen LogP contribution in [0.4, 0.5) is 9.59 Å². The maximum atomic E-state index is 12.6. The van der Waals surface area contributed by atoms with Crippen molar-refractivity contribution >= 4 is 24.2 Å². The lowest BCUT2D eigenvalue weighted by molar-refractivity contribution is -0.124. The van der Waals surface area contributed by atoms with Gasteiger partial charge in [-0.1, -0.05) is 30.3 Å². The van der Waals surface area contributed by atoms with Crippen molar-refractivity contribution in [3.8, 4) is 0 Å². The molecule has 2 heterocycles. The summed E-state index contributed by atoms with van der Waals surface area (Å²) in [6.45, 7) is 5.40. The largest absolute Gasteiger partial charge is 0.446 e. The second-order valence-electron chi connectivity index (χ2n) is 7.23. The van der Waals surface area contributed by atoms with E-state index in [2.05, 4.69) is 4.98 Å². The van der Waals surface area contributed by atoms with Crippen molar-refractivity contribution in [3.63, 3.8) is 0 Å². The number of carbonyl (C=O) groups is 3. The van der Waals surface area contributed by atoms with E-state index in [0.29, 0.717) is 5.69 Å². The van der Waals surface area contributed by atoms with Crippen LogP contribution in [0.15, 0.2) is 48.9 Å². The third-order valence-electron chi connectivity index (χ3n) is 3.90. The molecule has 8 nitrogen and oxygen atoms in total. The molecule has 2 aromatic rings. The highest BCUT2D eigenvalue weighted by atomic mass is 16.6. The molecule has 1 aromatic carbocycles. The predicted molar refractivity (Wildman–Crippen MR) is 100 cm³/mol. The third kappa shape index (κ3) is 4.46. The number of imide groups is 1. The summed E-state index contributed by atoms with van der Waals surface area (Å²) in [5.74, 6) is -0.525. The molecule has 0 N–H and O–H groups in total. The molecule has 0 spiro atoms. The Morgan fingerprint density at radius 1 is 1.25 bits per heavy atom. The van der Waals surface area contributed by atoms with Crippen molar-refractivity contribution in [2.45, 2.75) is 32.4 Å². The summed E-state index contributed by atoms with van der Waals surface area (Å²) < 4.78 is 11.5. The number of amides is 2. The lowest BCUT2D eigenvalue weighted by Crippen LogP contribution is -2.32. The Hall–Kier alpha value is -3.42. The number of nitrogens with zero attached hydrogens (tertiary/aromatic N) is 3. The zero-order valence-electron chi connectivity index (χ0n) is 15.9. The van der Waals surface area contributed by atoms with Gasteiger partial charge in [-0.3, -0.25) is 4.79 Å². The number of carbonyl (C=O) groups excluding carboxylic acids is 3. The van der Waals surface area contributed by atoms with Gasteiger partial charge in [-0.25, -0.2) is 24.0 Å². The van der Waals surface area contributed by atoms with E-state index in [-0.39, 0.29) is 6.61 Å². The number of ether oxygens (including phenoxy) is 2. The lowest BCUT2D eigenvalue weighted by atomic mass is 10.1. The van der Waals surface area contributed by atoms with Gasteiger partial charge in [0.15, 0.2) is 0 Å². The molecule has 1 fully saturated rings. The first-order chi connectivity index (χ1) is 13.2. The standard InChI is InChI=1S/C20H21N3O5/c1-20(2,3)28-18(25)22-11-15(21-13-22)9-10-17(24)23-16(12-27-19(23)26)14-7-5-4-6-8-14/h4-11,13,16H,12H2,1-3H3/b10-9+. The molecule has 1 aromatic heterocycles. The molecular weight excluding hydrogens is 362 g/mol. The van der Waals surface area contributed by atoms with E-state index < -0.39 is 29.7 Å². The van der Waals surface area contributed by atoms with Crippen LogP contribution in [0.3, 0.4) is 0 Å². The van der Waals surface area contributed by atoms with Crippen molar-refractivity contribution in [1.29, 1.82) is 0 Å². The van der Waals surface area contributed by atoms with Gasteiger partial charge in [0.2, 0.25) is 0 Å². The smallest absolute Gasteiger partial charge is 0.419 e. The molecule has 0 bridgehead atoms. The lowest BCUT2D eigenvalue weighted by Gasteiger charge is -2.19. The minimum absolute atomic E-state index is 0.107. The summed E-state index contributed by atoms with van der Waals surface area (Å²) in [7, 11) is 0. The van der Waals surface area contributed by atoms with Crippen LogP contribution in [0.1, 0.15) is 38.1 Å². The van der Waals surface area contributed by atoms with Gasteiger partial charge in [-0.2, -0.15) is 0 Å². The topological polar surface area (TPSA) is 90.7 Å². The number of cyclic esters (lactones) is 1. The SMILES string of the molecule is CC(C)(C)OC(=O)n1cnc(/C=C/C(=O)N2C(=O)OCC2c2ccccc2)c1. The van der Waals surface area contributed by atoms with Gasteiger partial charge in [0.25, 0.3) is 5.91 Å². The van der Waals surface area contributed by atoms with Crippen LogP contribution in [-0.2, 0) is 14.3 Å². The second-order valence-corrected chi connectivity index (χ2v) is 7.23. The van der Waals surface area contributed by atoms with Crippen molar-refractivity contribution in [1.82, 2.24) is 14.5 Å². The average Bonchev–Trinajstić information content (AvgIpc) is 3.26. The fraction of sp³-hybridized carbons (Fsp3) is 0.300. The molecule has 1 unspecified atom stereocenters. The quantitative estimate of drug-likeness (QED) is 0.755. The van der Waals surface area contributed by atoms with Gasteiger partial charge in [-0.15, -0.1) is 0 Å². The van der Waals surface area contributed by atoms with Crippen LogP contribution in [0.25, 0.3) is 6.08 Å². The molecule has 0 radical (unpaired) electrons. The Morgan fingerprint density at radius 2 is 1.96 bits per heavy atom. The monoisotopic (exact) mass is 383 g/mol. The van der Waals surface area contributed by atoms with Crippen molar-refractivity contribution < 1.29 is 23.9 Å². The molecule has 1 saturated heterocycles. The molecule has 3 rings (SSSR count). The van der Waals surface area contributed by atoms with Gasteiger partial charge in [0.1, 0.15) is 24.6 Å². The molecule has 1 aliphatic rings. The molecule has 2 amide bonds. The van der Waals surface area contributed by atoms with Crippen LogP contribution >= 0.6 is 0 Å². The Morgan fingerprint density at radius 3 is 2.64 bits per heavy atom. The van der Waals surface area contributed by atoms with Crippen LogP contribution in [0, 0.1) is 0 Å². The number of benzene rings is 1. The van der Waals surface area contributed by atoms with Crippen molar-refractivity contribution in [2.24, 2.45) is 0 Å². The van der Waals surface area contributed by atoms with Crippen LogP contribution in [0.5, 0.6) is 0 Å². The molecule has 8 heteroatoms. The highest BCUT2D eigenvalue weighted by molar-refractivity contribution is 6.02. The molecule has 28 heavy (non-hydrogen) atoms. The first-order valence-electron chi connectivity index (χ1n) is 8.75. The van der Waals surface area contributed by atoms with Crippen LogP contribution in [-0.4, -0.2) is 44.8 Å². The summed E-state index contributed by atoms with van der Waals surface area (Å²) in [6, 6.07) is 8.71. The van der Waals surface area contributed by atoms with Gasteiger partial charge in [0, 0.05) is 12.3 Å². The Labute approximate surface area is 162 Å². The van der Waals surface area contributed by atoms with E-state index in [1.165, 1.54) is 29.2 Å². The number of imidazole rings is 1. The van der Waals surface area contributed by atoms with E-state index in [1.54, 1.807) is 20.8 Å². The molecule has 1 aliphatic heterocycles. The molecule has 0 saturated carbocycles. The van der Waals surface area contributed by atoms with E-state index in [9.17, 15) is 14.4 Å². The molecule has 0 aliphatic carbocycles. The maximum Gasteiger partial charge on any atom is 0.419 e. The molecule has 146 valence electrons. The Bertz CT molecular complexity index is 911. The fourth-order valence-corrected chi connectivity index (χ4v) is 2.66. The van der Waals surface area contributed by atoms with Crippen molar-refractivity contribution in [2.75, 3.05) is 6.61 Å². The zero-order valence-corrected chi connectivity index (χ0v) is 15.9. The molecule has 1 atom stereocenters. The first-order valence-corrected chi connectivity index (χ1v) is 8.75. The van der Waals surface area contributed by atoms with Crippen LogP contribution < -0.4 is 0 Å². The summed E-state index contributed by atoms with van der Waals surface area (Å²) in [4.78, 5) is 41.7. The van der Waals surface area contributed by atoms with Crippen molar-refractivity contribution in [3.05, 3.63) is 60.2 Å². The van der Waals surface area contributed by atoms with Gasteiger partial charge < -0.3 is 9.47 Å². The number of hydrogen-bond acceptors (Lipinski definition) is 6. The summed E-state index contributed by atoms with van der Waals surface area (Å²) in [5, 5.41) is 0. The third-order valence-corrected chi connectivity index (χ3v) is 3.90. The normalized spacial score (nSPS) is 17.0. The summed E-state index contributed by atoms with van der Waals surface area (Å²) >= 11 is 0. The zero-order chi connectivity index (χ0) is 20.3.